The predicted molar refractivity (Wildman–Crippen MR) is 72.3 cm³/mol. The highest BCUT2D eigenvalue weighted by Crippen LogP contribution is 2.39. The monoisotopic (exact) mass is 286 g/mol. The van der Waals surface area contributed by atoms with Crippen molar-refractivity contribution in [3.63, 3.8) is 0 Å². The molecule has 1 aliphatic rings. The maximum Gasteiger partial charge on any atom is 0.416 e. The summed E-state index contributed by atoms with van der Waals surface area (Å²) in [5.74, 6) is 0.688. The van der Waals surface area contributed by atoms with E-state index in [1.165, 1.54) is 6.07 Å². The Hall–Kier alpha value is -1.03. The average molecular weight is 286 g/mol. The molecule has 1 fully saturated rings. The molecule has 0 spiro atoms. The minimum atomic E-state index is -4.33. The van der Waals surface area contributed by atoms with Gasteiger partial charge in [-0.25, -0.2) is 0 Å². The summed E-state index contributed by atoms with van der Waals surface area (Å²) in [6.07, 6.45) is -1.52. The maximum absolute atomic E-state index is 12.7. The molecule has 1 aromatic carbocycles. The van der Waals surface area contributed by atoms with Gasteiger partial charge in [0.05, 0.1) is 11.2 Å². The topological polar surface area (TPSA) is 20.2 Å². The molecule has 0 heterocycles. The lowest BCUT2D eigenvalue weighted by Crippen LogP contribution is -2.43. The molecule has 1 aromatic rings. The van der Waals surface area contributed by atoms with Crippen molar-refractivity contribution < 1.29 is 18.3 Å². The first kappa shape index (κ1) is 15.4. The highest BCUT2D eigenvalue weighted by atomic mass is 19.4. The second-order valence-corrected chi connectivity index (χ2v) is 6.26. The van der Waals surface area contributed by atoms with Gasteiger partial charge in [0.25, 0.3) is 0 Å². The summed E-state index contributed by atoms with van der Waals surface area (Å²) in [5.41, 5.74) is -0.962. The Balaban J connectivity index is 2.17. The standard InChI is InChI=1S/C16H21F3O/c1-11-6-7-15(20,12(2)8-11)10-13-4-3-5-14(9-13)16(17,18)19/h3-5,9,11-12,20H,6-8,10H2,1-2H3. The molecule has 1 nitrogen and oxygen atoms in total. The van der Waals surface area contributed by atoms with Crippen molar-refractivity contribution in [3.05, 3.63) is 35.4 Å². The number of rotatable bonds is 2. The number of aliphatic hydroxyl groups is 1. The van der Waals surface area contributed by atoms with Crippen LogP contribution in [0.4, 0.5) is 13.2 Å². The summed E-state index contributed by atoms with van der Waals surface area (Å²) in [4.78, 5) is 0. The SMILES string of the molecule is CC1CCC(O)(Cc2cccc(C(F)(F)F)c2)C(C)C1. The van der Waals surface area contributed by atoms with E-state index in [2.05, 4.69) is 6.92 Å². The van der Waals surface area contributed by atoms with Crippen LogP contribution in [0.3, 0.4) is 0 Å². The molecular weight excluding hydrogens is 265 g/mol. The molecule has 1 saturated carbocycles. The van der Waals surface area contributed by atoms with Gasteiger partial charge in [-0.2, -0.15) is 13.2 Å². The second-order valence-electron chi connectivity index (χ2n) is 6.26. The molecule has 1 N–H and O–H groups in total. The summed E-state index contributed by atoms with van der Waals surface area (Å²) in [5, 5.41) is 10.7. The van der Waals surface area contributed by atoms with E-state index in [0.29, 0.717) is 24.3 Å². The maximum atomic E-state index is 12.7. The summed E-state index contributed by atoms with van der Waals surface area (Å²) in [7, 11) is 0. The third-order valence-corrected chi connectivity index (χ3v) is 4.51. The Labute approximate surface area is 117 Å². The summed E-state index contributed by atoms with van der Waals surface area (Å²) in [6.45, 7) is 4.14. The summed E-state index contributed by atoms with van der Waals surface area (Å²) >= 11 is 0. The van der Waals surface area contributed by atoms with Crippen molar-refractivity contribution in [3.8, 4) is 0 Å². The van der Waals surface area contributed by atoms with Gasteiger partial charge in [0.2, 0.25) is 0 Å². The van der Waals surface area contributed by atoms with E-state index in [1.807, 2.05) is 6.92 Å². The molecule has 0 saturated heterocycles. The molecule has 0 bridgehead atoms. The minimum Gasteiger partial charge on any atom is -0.389 e. The van der Waals surface area contributed by atoms with Crippen LogP contribution in [-0.2, 0) is 12.6 Å². The van der Waals surface area contributed by atoms with E-state index >= 15 is 0 Å². The van der Waals surface area contributed by atoms with E-state index in [-0.39, 0.29) is 5.92 Å². The third kappa shape index (κ3) is 3.35. The smallest absolute Gasteiger partial charge is 0.389 e. The minimum absolute atomic E-state index is 0.112. The van der Waals surface area contributed by atoms with Crippen LogP contribution in [-0.4, -0.2) is 10.7 Å². The largest absolute Gasteiger partial charge is 0.416 e. The molecule has 1 aliphatic carbocycles. The summed E-state index contributed by atoms with van der Waals surface area (Å²) < 4.78 is 38.1. The van der Waals surface area contributed by atoms with E-state index in [0.717, 1.165) is 25.0 Å². The predicted octanol–water partition coefficient (Wildman–Crippen LogP) is 4.44. The number of hydrogen-bond acceptors (Lipinski definition) is 1. The Morgan fingerprint density at radius 2 is 2.00 bits per heavy atom. The first-order valence-electron chi connectivity index (χ1n) is 7.09. The molecule has 3 unspecified atom stereocenters. The summed E-state index contributed by atoms with van der Waals surface area (Å²) in [6, 6.07) is 5.30. The number of halogens is 3. The molecule has 0 aromatic heterocycles. The Kier molecular flexibility index (Phi) is 4.14. The van der Waals surface area contributed by atoms with Gasteiger partial charge in [0.1, 0.15) is 0 Å². The van der Waals surface area contributed by atoms with Crippen molar-refractivity contribution >= 4 is 0 Å². The van der Waals surface area contributed by atoms with Crippen LogP contribution in [0.1, 0.15) is 44.2 Å². The van der Waals surface area contributed by atoms with Crippen LogP contribution < -0.4 is 0 Å². The van der Waals surface area contributed by atoms with E-state index in [1.54, 1.807) is 6.07 Å². The molecule has 0 aliphatic heterocycles. The number of benzene rings is 1. The van der Waals surface area contributed by atoms with Gasteiger partial charge in [0, 0.05) is 6.42 Å². The second kappa shape index (κ2) is 5.40. The molecular formula is C16H21F3O. The highest BCUT2D eigenvalue weighted by Gasteiger charge is 2.38. The van der Waals surface area contributed by atoms with Crippen LogP contribution in [0.25, 0.3) is 0 Å². The molecule has 2 rings (SSSR count). The molecule has 0 amide bonds. The molecule has 0 radical (unpaired) electrons. The lowest BCUT2D eigenvalue weighted by molar-refractivity contribution is -0.137. The van der Waals surface area contributed by atoms with Gasteiger partial charge in [-0.3, -0.25) is 0 Å². The van der Waals surface area contributed by atoms with Crippen molar-refractivity contribution in [1.29, 1.82) is 0 Å². The van der Waals surface area contributed by atoms with Crippen LogP contribution in [0.5, 0.6) is 0 Å². The van der Waals surface area contributed by atoms with E-state index < -0.39 is 17.3 Å². The van der Waals surface area contributed by atoms with Crippen LogP contribution in [0.15, 0.2) is 24.3 Å². The fourth-order valence-corrected chi connectivity index (χ4v) is 3.16. The van der Waals surface area contributed by atoms with E-state index in [4.69, 9.17) is 0 Å². The van der Waals surface area contributed by atoms with Gasteiger partial charge in [0.15, 0.2) is 0 Å². The zero-order valence-electron chi connectivity index (χ0n) is 11.9. The number of hydrogen-bond donors (Lipinski definition) is 1. The Bertz CT molecular complexity index is 469. The fourth-order valence-electron chi connectivity index (χ4n) is 3.16. The third-order valence-electron chi connectivity index (χ3n) is 4.51. The average Bonchev–Trinajstić information content (AvgIpc) is 2.34. The van der Waals surface area contributed by atoms with Crippen molar-refractivity contribution in [1.82, 2.24) is 0 Å². The van der Waals surface area contributed by atoms with Crippen LogP contribution in [0.2, 0.25) is 0 Å². The van der Waals surface area contributed by atoms with Gasteiger partial charge in [-0.1, -0.05) is 32.0 Å². The van der Waals surface area contributed by atoms with Crippen molar-refractivity contribution in [2.75, 3.05) is 0 Å². The first-order valence-corrected chi connectivity index (χ1v) is 7.09. The number of alkyl halides is 3. The zero-order valence-corrected chi connectivity index (χ0v) is 11.9. The van der Waals surface area contributed by atoms with Gasteiger partial charge in [-0.05, 0) is 42.7 Å². The Morgan fingerprint density at radius 3 is 2.60 bits per heavy atom. The Morgan fingerprint density at radius 1 is 1.30 bits per heavy atom. The highest BCUT2D eigenvalue weighted by molar-refractivity contribution is 5.27. The first-order chi connectivity index (χ1) is 9.21. The van der Waals surface area contributed by atoms with E-state index in [9.17, 15) is 18.3 Å². The van der Waals surface area contributed by atoms with Gasteiger partial charge >= 0.3 is 6.18 Å². The normalized spacial score (nSPS) is 31.3. The van der Waals surface area contributed by atoms with Crippen molar-refractivity contribution in [2.24, 2.45) is 11.8 Å². The van der Waals surface area contributed by atoms with Gasteiger partial charge < -0.3 is 5.11 Å². The van der Waals surface area contributed by atoms with Gasteiger partial charge in [-0.15, -0.1) is 0 Å². The lowest BCUT2D eigenvalue weighted by atomic mass is 9.70. The van der Waals surface area contributed by atoms with Crippen molar-refractivity contribution in [2.45, 2.75) is 51.3 Å². The molecule has 20 heavy (non-hydrogen) atoms. The lowest BCUT2D eigenvalue weighted by Gasteiger charge is -2.41. The van der Waals surface area contributed by atoms with Crippen LogP contribution >= 0.6 is 0 Å². The fraction of sp³-hybridized carbons (Fsp3) is 0.625. The zero-order chi connectivity index (χ0) is 15.0. The quantitative estimate of drug-likeness (QED) is 0.852. The molecule has 112 valence electrons. The van der Waals surface area contributed by atoms with Crippen LogP contribution in [0, 0.1) is 11.8 Å². The molecule has 3 atom stereocenters. The molecule has 4 heteroatoms.